The zero-order chi connectivity index (χ0) is 12.8. The van der Waals surface area contributed by atoms with Gasteiger partial charge in [0.05, 0.1) is 11.4 Å². The highest BCUT2D eigenvalue weighted by Gasteiger charge is 2.56. The lowest BCUT2D eigenvalue weighted by Crippen LogP contribution is -2.45. The van der Waals surface area contributed by atoms with Crippen LogP contribution in [-0.2, 0) is 9.53 Å². The van der Waals surface area contributed by atoms with Gasteiger partial charge < -0.3 is 4.74 Å². The molecule has 5 heteroatoms. The van der Waals surface area contributed by atoms with E-state index in [1.807, 2.05) is 20.8 Å². The summed E-state index contributed by atoms with van der Waals surface area (Å²) in [5.74, 6) is 0.582. The maximum absolute atomic E-state index is 12.1. The van der Waals surface area contributed by atoms with E-state index in [9.17, 15) is 9.59 Å². The van der Waals surface area contributed by atoms with Crippen molar-refractivity contribution in [2.75, 3.05) is 5.33 Å². The topological polar surface area (TPSA) is 46.6 Å². The van der Waals surface area contributed by atoms with Gasteiger partial charge >= 0.3 is 6.09 Å². The number of alkyl halides is 1. The summed E-state index contributed by atoms with van der Waals surface area (Å²) in [5.41, 5.74) is -0.508. The van der Waals surface area contributed by atoms with Crippen molar-refractivity contribution < 1.29 is 14.3 Å². The lowest BCUT2D eigenvalue weighted by molar-refractivity contribution is -0.121. The number of rotatable bonds is 2. The number of halogens is 1. The molecule has 3 atom stereocenters. The molecule has 0 aromatic rings. The van der Waals surface area contributed by atoms with Gasteiger partial charge in [-0.1, -0.05) is 15.9 Å². The Morgan fingerprint density at radius 3 is 2.53 bits per heavy atom. The number of amides is 1. The van der Waals surface area contributed by atoms with Gasteiger partial charge in [0.1, 0.15) is 5.60 Å². The molecule has 1 amide bonds. The van der Waals surface area contributed by atoms with E-state index < -0.39 is 5.60 Å². The molecule has 1 aliphatic carbocycles. The number of Topliss-reactive ketones (excluding diaryl/α,β-unsaturated/α-hetero) is 1. The average molecular weight is 304 g/mol. The van der Waals surface area contributed by atoms with Crippen LogP contribution in [0.3, 0.4) is 0 Å². The van der Waals surface area contributed by atoms with Crippen LogP contribution < -0.4 is 0 Å². The third-order valence-electron chi connectivity index (χ3n) is 3.21. The zero-order valence-electron chi connectivity index (χ0n) is 10.4. The van der Waals surface area contributed by atoms with Gasteiger partial charge in [0.25, 0.3) is 0 Å². The number of hydrogen-bond donors (Lipinski definition) is 0. The second-order valence-electron chi connectivity index (χ2n) is 5.80. The molecule has 0 aromatic heterocycles. The normalized spacial score (nSPS) is 31.1. The van der Waals surface area contributed by atoms with Crippen LogP contribution in [0.25, 0.3) is 0 Å². The number of ether oxygens (including phenoxy) is 1. The molecule has 0 spiro atoms. The summed E-state index contributed by atoms with van der Waals surface area (Å²) in [6.45, 7) is 5.52. The minimum Gasteiger partial charge on any atom is -0.444 e. The number of fused-ring (bicyclic) bond motifs is 1. The molecular formula is C12H18BrNO3. The van der Waals surface area contributed by atoms with Crippen molar-refractivity contribution in [3.05, 3.63) is 0 Å². The Kier molecular flexibility index (Phi) is 3.23. The van der Waals surface area contributed by atoms with Crippen molar-refractivity contribution >= 4 is 27.8 Å². The Hall–Kier alpha value is -0.580. The first-order valence-corrected chi connectivity index (χ1v) is 7.05. The molecular weight excluding hydrogens is 286 g/mol. The summed E-state index contributed by atoms with van der Waals surface area (Å²) < 4.78 is 5.36. The molecule has 2 aliphatic rings. The van der Waals surface area contributed by atoms with Crippen LogP contribution in [0.1, 0.15) is 33.6 Å². The molecule has 17 heavy (non-hydrogen) atoms. The van der Waals surface area contributed by atoms with Crippen LogP contribution in [0.5, 0.6) is 0 Å². The number of nitrogens with zero attached hydrogens (tertiary/aromatic N) is 1. The van der Waals surface area contributed by atoms with Gasteiger partial charge in [-0.3, -0.25) is 9.69 Å². The van der Waals surface area contributed by atoms with E-state index in [0.717, 1.165) is 12.8 Å². The molecule has 4 nitrogen and oxygen atoms in total. The first-order valence-electron chi connectivity index (χ1n) is 5.93. The predicted molar refractivity (Wildman–Crippen MR) is 67.2 cm³/mol. The Balaban J connectivity index is 2.07. The smallest absolute Gasteiger partial charge is 0.411 e. The van der Waals surface area contributed by atoms with E-state index in [-0.39, 0.29) is 24.0 Å². The summed E-state index contributed by atoms with van der Waals surface area (Å²) >= 11 is 3.17. The molecule has 2 fully saturated rings. The maximum Gasteiger partial charge on any atom is 0.411 e. The maximum atomic E-state index is 12.1. The molecule has 2 rings (SSSR count). The van der Waals surface area contributed by atoms with Gasteiger partial charge in [-0.25, -0.2) is 4.79 Å². The number of carbonyl (C=O) groups is 2. The second kappa shape index (κ2) is 4.26. The van der Waals surface area contributed by atoms with E-state index in [1.165, 1.54) is 0 Å². The monoisotopic (exact) mass is 303 g/mol. The lowest BCUT2D eigenvalue weighted by Gasteiger charge is -2.29. The Morgan fingerprint density at radius 1 is 1.35 bits per heavy atom. The van der Waals surface area contributed by atoms with Crippen molar-refractivity contribution in [1.29, 1.82) is 0 Å². The largest absolute Gasteiger partial charge is 0.444 e. The van der Waals surface area contributed by atoms with Gasteiger partial charge in [-0.2, -0.15) is 0 Å². The lowest BCUT2D eigenvalue weighted by atomic mass is 10.1. The van der Waals surface area contributed by atoms with Crippen molar-refractivity contribution in [3.8, 4) is 0 Å². The number of hydrogen-bond acceptors (Lipinski definition) is 3. The van der Waals surface area contributed by atoms with Gasteiger partial charge in [-0.15, -0.1) is 0 Å². The van der Waals surface area contributed by atoms with Crippen LogP contribution in [0.2, 0.25) is 0 Å². The van der Waals surface area contributed by atoms with Crippen LogP contribution in [0.15, 0.2) is 0 Å². The van der Waals surface area contributed by atoms with E-state index >= 15 is 0 Å². The van der Waals surface area contributed by atoms with Crippen molar-refractivity contribution in [3.63, 3.8) is 0 Å². The molecule has 0 bridgehead atoms. The zero-order valence-corrected chi connectivity index (χ0v) is 12.0. The molecule has 0 radical (unpaired) electrons. The number of likely N-dealkylation sites (tertiary alicyclic amines) is 1. The van der Waals surface area contributed by atoms with E-state index in [4.69, 9.17) is 4.74 Å². The number of ketones is 1. The van der Waals surface area contributed by atoms with Gasteiger partial charge in [0, 0.05) is 6.04 Å². The minimum absolute atomic E-state index is 0.0723. The molecule has 1 saturated carbocycles. The van der Waals surface area contributed by atoms with E-state index in [2.05, 4.69) is 15.9 Å². The highest BCUT2D eigenvalue weighted by Crippen LogP contribution is 2.48. The SMILES string of the molecule is CC(C)(C)OC(=O)N1[C@@H]2C[C@@H]2C[C@H]1C(=O)CBr. The summed E-state index contributed by atoms with van der Waals surface area (Å²) in [4.78, 5) is 25.5. The fraction of sp³-hybridized carbons (Fsp3) is 0.833. The fourth-order valence-corrected chi connectivity index (χ4v) is 2.78. The minimum atomic E-state index is -0.508. The molecule has 96 valence electrons. The average Bonchev–Trinajstić information content (AvgIpc) is 2.85. The third kappa shape index (κ3) is 2.64. The standard InChI is InChI=1S/C12H18BrNO3/c1-12(2,3)17-11(16)14-8-4-7(8)5-9(14)10(15)6-13/h7-9H,4-6H2,1-3H3/t7-,8-,9+/m1/s1. The third-order valence-corrected chi connectivity index (χ3v) is 3.76. The molecule has 1 heterocycles. The van der Waals surface area contributed by atoms with Crippen LogP contribution >= 0.6 is 15.9 Å². The molecule has 0 aromatic carbocycles. The second-order valence-corrected chi connectivity index (χ2v) is 6.36. The highest BCUT2D eigenvalue weighted by atomic mass is 79.9. The Bertz CT molecular complexity index is 350. The molecule has 0 unspecified atom stereocenters. The Morgan fingerprint density at radius 2 is 2.00 bits per heavy atom. The summed E-state index contributed by atoms with van der Waals surface area (Å²) in [6, 6.07) is -0.0502. The van der Waals surface area contributed by atoms with Crippen LogP contribution in [0, 0.1) is 5.92 Å². The molecule has 0 N–H and O–H groups in total. The van der Waals surface area contributed by atoms with E-state index in [0.29, 0.717) is 11.2 Å². The van der Waals surface area contributed by atoms with Crippen LogP contribution in [-0.4, -0.2) is 39.8 Å². The van der Waals surface area contributed by atoms with Crippen molar-refractivity contribution in [1.82, 2.24) is 4.90 Å². The first kappa shape index (κ1) is 12.9. The van der Waals surface area contributed by atoms with Gasteiger partial charge in [-0.05, 0) is 39.5 Å². The van der Waals surface area contributed by atoms with Crippen molar-refractivity contribution in [2.24, 2.45) is 5.92 Å². The summed E-state index contributed by atoms with van der Waals surface area (Å²) in [6.07, 6.45) is 1.47. The van der Waals surface area contributed by atoms with Gasteiger partial charge in [0.15, 0.2) is 5.78 Å². The fourth-order valence-electron chi connectivity index (χ4n) is 2.41. The molecule has 1 saturated heterocycles. The highest BCUT2D eigenvalue weighted by molar-refractivity contribution is 9.09. The molecule has 1 aliphatic heterocycles. The van der Waals surface area contributed by atoms with Crippen molar-refractivity contribution in [2.45, 2.75) is 51.3 Å². The quantitative estimate of drug-likeness (QED) is 0.736. The predicted octanol–water partition coefficient (Wildman–Crippen LogP) is 2.35. The summed E-state index contributed by atoms with van der Waals surface area (Å²) in [7, 11) is 0. The van der Waals surface area contributed by atoms with Gasteiger partial charge in [0.2, 0.25) is 0 Å². The van der Waals surface area contributed by atoms with Crippen LogP contribution in [0.4, 0.5) is 4.79 Å². The first-order chi connectivity index (χ1) is 7.83. The number of carbonyl (C=O) groups excluding carboxylic acids is 2. The van der Waals surface area contributed by atoms with E-state index in [1.54, 1.807) is 4.90 Å². The number of piperidine rings is 1. The Labute approximate surface area is 110 Å². The summed E-state index contributed by atoms with van der Waals surface area (Å²) in [5, 5.41) is 0.302.